The predicted molar refractivity (Wildman–Crippen MR) is 130 cm³/mol. The van der Waals surface area contributed by atoms with Gasteiger partial charge in [0.25, 0.3) is 15.9 Å². The summed E-state index contributed by atoms with van der Waals surface area (Å²) in [5, 5.41) is 5.62. The van der Waals surface area contributed by atoms with Gasteiger partial charge in [-0.25, -0.2) is 8.42 Å². The van der Waals surface area contributed by atoms with Crippen LogP contribution in [0.3, 0.4) is 0 Å². The van der Waals surface area contributed by atoms with E-state index in [0.29, 0.717) is 5.02 Å². The number of halogens is 1. The number of nitrogens with zero attached hydrogens (tertiary/aromatic N) is 1. The molecule has 3 rings (SSSR count). The smallest absolute Gasteiger partial charge is 0.264 e. The minimum Gasteiger partial charge on any atom is -0.349 e. The second-order valence-electron chi connectivity index (χ2n) is 6.90. The van der Waals surface area contributed by atoms with Gasteiger partial charge in [0.2, 0.25) is 5.91 Å². The first-order valence-electron chi connectivity index (χ1n) is 9.94. The maximum absolute atomic E-state index is 13.4. The Morgan fingerprint density at radius 1 is 0.970 bits per heavy atom. The van der Waals surface area contributed by atoms with Crippen molar-refractivity contribution < 1.29 is 18.0 Å². The van der Waals surface area contributed by atoms with Gasteiger partial charge >= 0.3 is 0 Å². The summed E-state index contributed by atoms with van der Waals surface area (Å²) in [6.07, 6.45) is 1.54. The lowest BCUT2D eigenvalue weighted by atomic mass is 10.1. The molecule has 0 saturated carbocycles. The quantitative estimate of drug-likeness (QED) is 0.448. The summed E-state index contributed by atoms with van der Waals surface area (Å²) in [5.41, 5.74) is 0.735. The second kappa shape index (κ2) is 10.8. The predicted octanol–water partition coefficient (Wildman–Crippen LogP) is 4.09. The first-order chi connectivity index (χ1) is 15.8. The van der Waals surface area contributed by atoms with Crippen molar-refractivity contribution in [2.24, 2.45) is 0 Å². The van der Waals surface area contributed by atoms with E-state index >= 15 is 0 Å². The van der Waals surface area contributed by atoms with Crippen molar-refractivity contribution in [3.8, 4) is 0 Å². The number of rotatable bonds is 9. The van der Waals surface area contributed by atoms with Crippen LogP contribution in [-0.2, 0) is 14.8 Å². The van der Waals surface area contributed by atoms with Gasteiger partial charge in [-0.05, 0) is 42.5 Å². The molecule has 0 spiro atoms. The molecule has 0 saturated heterocycles. The fraction of sp³-hybridized carbons (Fsp3) is 0.0833. The number of carbonyl (C=O) groups excluding carboxylic acids is 2. The Morgan fingerprint density at radius 3 is 2.36 bits per heavy atom. The third-order valence-corrected chi connectivity index (χ3v) is 6.59. The van der Waals surface area contributed by atoms with E-state index in [9.17, 15) is 18.0 Å². The largest absolute Gasteiger partial charge is 0.349 e. The lowest BCUT2D eigenvalue weighted by Crippen LogP contribution is -2.38. The third kappa shape index (κ3) is 6.00. The molecule has 3 aromatic carbocycles. The molecule has 0 radical (unpaired) electrons. The van der Waals surface area contributed by atoms with E-state index in [0.717, 1.165) is 4.31 Å². The molecule has 33 heavy (non-hydrogen) atoms. The normalized spacial score (nSPS) is 10.8. The minimum absolute atomic E-state index is 0.0296. The SMILES string of the molecule is C=CCNC(=O)c1ccccc1NC(=O)CN(c1cccc(Cl)c1)S(=O)(=O)c1ccccc1. The standard InChI is InChI=1S/C24H22ClN3O4S/c1-2-15-26-24(30)21-13-6-7-14-22(21)27-23(29)17-28(19-10-8-9-18(25)16-19)33(31,32)20-11-4-3-5-12-20/h2-14,16H,1,15,17H2,(H,26,30)(H,27,29). The zero-order valence-corrected chi connectivity index (χ0v) is 19.1. The van der Waals surface area contributed by atoms with E-state index in [2.05, 4.69) is 17.2 Å². The van der Waals surface area contributed by atoms with Crippen molar-refractivity contribution >= 4 is 44.8 Å². The van der Waals surface area contributed by atoms with Crippen LogP contribution in [0.2, 0.25) is 5.02 Å². The molecule has 7 nitrogen and oxygen atoms in total. The van der Waals surface area contributed by atoms with E-state index in [1.807, 2.05) is 0 Å². The van der Waals surface area contributed by atoms with Gasteiger partial charge in [0.05, 0.1) is 21.8 Å². The Morgan fingerprint density at radius 2 is 1.67 bits per heavy atom. The summed E-state index contributed by atoms with van der Waals surface area (Å²) < 4.78 is 27.7. The highest BCUT2D eigenvalue weighted by atomic mass is 35.5. The monoisotopic (exact) mass is 483 g/mol. The number of amides is 2. The summed E-state index contributed by atoms with van der Waals surface area (Å²) in [4.78, 5) is 25.4. The first kappa shape index (κ1) is 24.0. The molecule has 0 atom stereocenters. The highest BCUT2D eigenvalue weighted by Gasteiger charge is 2.27. The molecule has 0 fully saturated rings. The van der Waals surface area contributed by atoms with Crippen LogP contribution < -0.4 is 14.9 Å². The number of hydrogen-bond acceptors (Lipinski definition) is 4. The fourth-order valence-electron chi connectivity index (χ4n) is 3.04. The molecular weight excluding hydrogens is 462 g/mol. The number of hydrogen-bond donors (Lipinski definition) is 2. The average molecular weight is 484 g/mol. The summed E-state index contributed by atoms with van der Waals surface area (Å²) in [5.74, 6) is -1.02. The lowest BCUT2D eigenvalue weighted by molar-refractivity contribution is -0.114. The van der Waals surface area contributed by atoms with Gasteiger partial charge in [-0.2, -0.15) is 0 Å². The minimum atomic E-state index is -4.07. The van der Waals surface area contributed by atoms with Gasteiger partial charge < -0.3 is 10.6 Å². The molecule has 0 unspecified atom stereocenters. The zero-order valence-electron chi connectivity index (χ0n) is 17.6. The molecule has 0 aliphatic heterocycles. The van der Waals surface area contributed by atoms with Crippen molar-refractivity contribution in [3.63, 3.8) is 0 Å². The summed E-state index contributed by atoms with van der Waals surface area (Å²) in [6, 6.07) is 20.5. The molecule has 0 aliphatic rings. The van der Waals surface area contributed by atoms with E-state index < -0.39 is 28.4 Å². The van der Waals surface area contributed by atoms with Gasteiger partial charge in [-0.3, -0.25) is 13.9 Å². The number of carbonyl (C=O) groups is 2. The molecule has 9 heteroatoms. The van der Waals surface area contributed by atoms with E-state index in [-0.39, 0.29) is 28.4 Å². The van der Waals surface area contributed by atoms with Crippen molar-refractivity contribution in [2.75, 3.05) is 22.7 Å². The van der Waals surface area contributed by atoms with Crippen LogP contribution in [0.4, 0.5) is 11.4 Å². The molecule has 0 bridgehead atoms. The van der Waals surface area contributed by atoms with Gasteiger partial charge in [-0.1, -0.05) is 54.1 Å². The Kier molecular flexibility index (Phi) is 7.87. The van der Waals surface area contributed by atoms with Crippen LogP contribution >= 0.6 is 11.6 Å². The number of benzene rings is 3. The maximum Gasteiger partial charge on any atom is 0.264 e. The Bertz CT molecular complexity index is 1260. The van der Waals surface area contributed by atoms with Crippen molar-refractivity contribution in [2.45, 2.75) is 4.90 Å². The van der Waals surface area contributed by atoms with Crippen molar-refractivity contribution in [3.05, 3.63) is 102 Å². The molecule has 0 aliphatic carbocycles. The van der Waals surface area contributed by atoms with E-state index in [1.54, 1.807) is 60.7 Å². The first-order valence-corrected chi connectivity index (χ1v) is 11.8. The molecule has 170 valence electrons. The number of nitrogens with one attached hydrogen (secondary N) is 2. The molecule has 0 aromatic heterocycles. The second-order valence-corrected chi connectivity index (χ2v) is 9.20. The number of sulfonamides is 1. The van der Waals surface area contributed by atoms with Crippen LogP contribution in [0.5, 0.6) is 0 Å². The van der Waals surface area contributed by atoms with Crippen LogP contribution in [-0.4, -0.2) is 33.3 Å². The van der Waals surface area contributed by atoms with Crippen molar-refractivity contribution in [1.29, 1.82) is 0 Å². The van der Waals surface area contributed by atoms with Gasteiger partial charge in [0.1, 0.15) is 6.54 Å². The van der Waals surface area contributed by atoms with Crippen LogP contribution in [0.1, 0.15) is 10.4 Å². The molecule has 0 heterocycles. The summed E-state index contributed by atoms with van der Waals surface area (Å²) in [6.45, 7) is 3.29. The van der Waals surface area contributed by atoms with Gasteiger partial charge in [0, 0.05) is 11.6 Å². The summed E-state index contributed by atoms with van der Waals surface area (Å²) in [7, 11) is -4.07. The topological polar surface area (TPSA) is 95.6 Å². The van der Waals surface area contributed by atoms with Gasteiger partial charge in [-0.15, -0.1) is 6.58 Å². The Labute approximate surface area is 197 Å². The summed E-state index contributed by atoms with van der Waals surface area (Å²) >= 11 is 6.08. The van der Waals surface area contributed by atoms with Crippen LogP contribution in [0.15, 0.2) is 96.4 Å². The zero-order chi connectivity index (χ0) is 23.8. The lowest BCUT2D eigenvalue weighted by Gasteiger charge is -2.24. The fourth-order valence-corrected chi connectivity index (χ4v) is 4.65. The number of anilines is 2. The van der Waals surface area contributed by atoms with Gasteiger partial charge in [0.15, 0.2) is 0 Å². The average Bonchev–Trinajstić information content (AvgIpc) is 2.82. The molecular formula is C24H22ClN3O4S. The maximum atomic E-state index is 13.4. The van der Waals surface area contributed by atoms with Crippen LogP contribution in [0.25, 0.3) is 0 Å². The molecule has 2 amide bonds. The highest BCUT2D eigenvalue weighted by Crippen LogP contribution is 2.26. The molecule has 3 aromatic rings. The van der Waals surface area contributed by atoms with E-state index in [1.165, 1.54) is 24.3 Å². The number of para-hydroxylation sites is 1. The third-order valence-electron chi connectivity index (χ3n) is 4.57. The Hall–Kier alpha value is -3.62. The van der Waals surface area contributed by atoms with Crippen LogP contribution in [0, 0.1) is 0 Å². The Balaban J connectivity index is 1.91. The van der Waals surface area contributed by atoms with Crippen molar-refractivity contribution in [1.82, 2.24) is 5.32 Å². The van der Waals surface area contributed by atoms with E-state index in [4.69, 9.17) is 11.6 Å². The highest BCUT2D eigenvalue weighted by molar-refractivity contribution is 7.92. The molecule has 2 N–H and O–H groups in total.